The predicted octanol–water partition coefficient (Wildman–Crippen LogP) is 0.217. The summed E-state index contributed by atoms with van der Waals surface area (Å²) < 4.78 is 0. The summed E-state index contributed by atoms with van der Waals surface area (Å²) in [5.74, 6) is 0.236. The number of amides is 1. The highest BCUT2D eigenvalue weighted by Gasteiger charge is 2.26. The summed E-state index contributed by atoms with van der Waals surface area (Å²) in [4.78, 5) is 13.1. The number of hydrogen-bond donors (Lipinski definition) is 1. The number of hydrogen-bond acceptors (Lipinski definition) is 2. The van der Waals surface area contributed by atoms with Crippen molar-refractivity contribution in [2.24, 2.45) is 0 Å². The number of rotatable bonds is 0. The van der Waals surface area contributed by atoms with Crippen LogP contribution in [0.25, 0.3) is 0 Å². The Balaban J connectivity index is 2.63. The summed E-state index contributed by atoms with van der Waals surface area (Å²) in [6.07, 6.45) is 0.601. The quantitative estimate of drug-likeness (QED) is 0.544. The van der Waals surface area contributed by atoms with Gasteiger partial charge in [-0.3, -0.25) is 4.79 Å². The Morgan fingerprint density at radius 2 is 2.18 bits per heavy atom. The third-order valence-electron chi connectivity index (χ3n) is 2.07. The molecule has 1 amide bonds. The maximum absolute atomic E-state index is 11.3. The van der Waals surface area contributed by atoms with Gasteiger partial charge in [-0.25, -0.2) is 0 Å². The van der Waals surface area contributed by atoms with Gasteiger partial charge in [0.25, 0.3) is 0 Å². The van der Waals surface area contributed by atoms with Gasteiger partial charge in [0, 0.05) is 32.1 Å². The van der Waals surface area contributed by atoms with Gasteiger partial charge in [-0.2, -0.15) is 0 Å². The minimum absolute atomic E-state index is 0.0259. The summed E-state index contributed by atoms with van der Waals surface area (Å²) in [5, 5.41) is 3.32. The molecular formula is C8H16N2O. The summed E-state index contributed by atoms with van der Waals surface area (Å²) in [6.45, 7) is 5.84. The molecule has 0 atom stereocenters. The van der Waals surface area contributed by atoms with Gasteiger partial charge in [0.1, 0.15) is 0 Å². The Morgan fingerprint density at radius 3 is 2.82 bits per heavy atom. The molecule has 0 radical (unpaired) electrons. The van der Waals surface area contributed by atoms with Crippen molar-refractivity contribution >= 4 is 5.91 Å². The maximum Gasteiger partial charge on any atom is 0.224 e. The van der Waals surface area contributed by atoms with Crippen LogP contribution in [-0.4, -0.2) is 36.5 Å². The van der Waals surface area contributed by atoms with E-state index in [9.17, 15) is 4.79 Å². The van der Waals surface area contributed by atoms with Crippen molar-refractivity contribution < 1.29 is 4.79 Å². The van der Waals surface area contributed by atoms with Crippen LogP contribution in [0.1, 0.15) is 20.3 Å². The molecule has 0 bridgehead atoms. The number of nitrogens with one attached hydrogen (secondary N) is 1. The molecule has 64 valence electrons. The van der Waals surface area contributed by atoms with E-state index in [2.05, 4.69) is 19.2 Å². The fourth-order valence-corrected chi connectivity index (χ4v) is 1.26. The van der Waals surface area contributed by atoms with Crippen LogP contribution in [-0.2, 0) is 4.79 Å². The van der Waals surface area contributed by atoms with E-state index in [4.69, 9.17) is 0 Å². The second kappa shape index (κ2) is 2.81. The molecule has 0 aromatic rings. The summed E-state index contributed by atoms with van der Waals surface area (Å²) in [5.41, 5.74) is -0.0259. The van der Waals surface area contributed by atoms with Crippen molar-refractivity contribution in [1.82, 2.24) is 10.2 Å². The lowest BCUT2D eigenvalue weighted by atomic mass is 10.0. The largest absolute Gasteiger partial charge is 0.344 e. The zero-order valence-corrected chi connectivity index (χ0v) is 7.48. The highest BCUT2D eigenvalue weighted by atomic mass is 16.2. The molecule has 1 fully saturated rings. The summed E-state index contributed by atoms with van der Waals surface area (Å²) >= 11 is 0. The molecule has 0 aromatic heterocycles. The Labute approximate surface area is 67.8 Å². The Morgan fingerprint density at radius 1 is 1.55 bits per heavy atom. The van der Waals surface area contributed by atoms with Gasteiger partial charge >= 0.3 is 0 Å². The molecule has 0 aliphatic carbocycles. The van der Waals surface area contributed by atoms with Crippen LogP contribution in [0.15, 0.2) is 0 Å². The fourth-order valence-electron chi connectivity index (χ4n) is 1.26. The maximum atomic E-state index is 11.3. The molecule has 3 heteroatoms. The smallest absolute Gasteiger partial charge is 0.224 e. The van der Waals surface area contributed by atoms with Gasteiger partial charge in [-0.15, -0.1) is 0 Å². The lowest BCUT2D eigenvalue weighted by Gasteiger charge is -2.22. The summed E-state index contributed by atoms with van der Waals surface area (Å²) in [7, 11) is 1.85. The lowest BCUT2D eigenvalue weighted by molar-refractivity contribution is -0.130. The van der Waals surface area contributed by atoms with Crippen LogP contribution in [0.3, 0.4) is 0 Å². The highest BCUT2D eigenvalue weighted by molar-refractivity contribution is 5.77. The standard InChI is InChI=1S/C8H16N2O/c1-8(2)6-7(11)10(3)5-4-9-8/h9H,4-6H2,1-3H3. The van der Waals surface area contributed by atoms with Crippen molar-refractivity contribution in [3.8, 4) is 0 Å². The fraction of sp³-hybridized carbons (Fsp3) is 0.875. The van der Waals surface area contributed by atoms with E-state index < -0.39 is 0 Å². The van der Waals surface area contributed by atoms with Crippen LogP contribution in [0.5, 0.6) is 0 Å². The molecule has 1 aliphatic rings. The van der Waals surface area contributed by atoms with Crippen LogP contribution >= 0.6 is 0 Å². The third kappa shape index (κ3) is 2.19. The molecule has 0 spiro atoms. The topological polar surface area (TPSA) is 32.3 Å². The first-order valence-electron chi connectivity index (χ1n) is 4.00. The molecule has 0 aromatic carbocycles. The van der Waals surface area contributed by atoms with Gasteiger partial charge in [-0.05, 0) is 13.8 Å². The van der Waals surface area contributed by atoms with E-state index in [1.165, 1.54) is 0 Å². The lowest BCUT2D eigenvalue weighted by Crippen LogP contribution is -2.39. The van der Waals surface area contributed by atoms with Gasteiger partial charge in [0.2, 0.25) is 5.91 Å². The molecule has 11 heavy (non-hydrogen) atoms. The van der Waals surface area contributed by atoms with E-state index >= 15 is 0 Å². The van der Waals surface area contributed by atoms with Crippen molar-refractivity contribution in [3.63, 3.8) is 0 Å². The summed E-state index contributed by atoms with van der Waals surface area (Å²) in [6, 6.07) is 0. The predicted molar refractivity (Wildman–Crippen MR) is 44.3 cm³/mol. The number of likely N-dealkylation sites (N-methyl/N-ethyl adjacent to an activating group) is 1. The van der Waals surface area contributed by atoms with Crippen molar-refractivity contribution in [1.29, 1.82) is 0 Å². The average molecular weight is 156 g/mol. The number of carbonyl (C=O) groups excluding carboxylic acids is 1. The van der Waals surface area contributed by atoms with E-state index in [0.29, 0.717) is 6.42 Å². The third-order valence-corrected chi connectivity index (χ3v) is 2.07. The molecule has 1 heterocycles. The van der Waals surface area contributed by atoms with Crippen molar-refractivity contribution in [2.75, 3.05) is 20.1 Å². The second-order valence-corrected chi connectivity index (χ2v) is 3.80. The van der Waals surface area contributed by atoms with Crippen LogP contribution in [0.2, 0.25) is 0 Å². The average Bonchev–Trinajstić information content (AvgIpc) is 1.93. The Kier molecular flexibility index (Phi) is 2.18. The first-order valence-corrected chi connectivity index (χ1v) is 4.00. The van der Waals surface area contributed by atoms with Gasteiger partial charge in [0.05, 0.1) is 0 Å². The second-order valence-electron chi connectivity index (χ2n) is 3.80. The zero-order valence-electron chi connectivity index (χ0n) is 7.48. The SMILES string of the molecule is CN1CCNC(C)(C)CC1=O. The number of nitrogens with zero attached hydrogens (tertiary/aromatic N) is 1. The molecule has 1 rings (SSSR count). The van der Waals surface area contributed by atoms with Crippen molar-refractivity contribution in [2.45, 2.75) is 25.8 Å². The van der Waals surface area contributed by atoms with E-state index in [-0.39, 0.29) is 11.4 Å². The van der Waals surface area contributed by atoms with E-state index in [1.54, 1.807) is 4.90 Å². The normalized spacial score (nSPS) is 25.0. The minimum atomic E-state index is -0.0259. The molecule has 0 unspecified atom stereocenters. The molecular weight excluding hydrogens is 140 g/mol. The number of carbonyl (C=O) groups is 1. The highest BCUT2D eigenvalue weighted by Crippen LogP contribution is 2.12. The minimum Gasteiger partial charge on any atom is -0.344 e. The van der Waals surface area contributed by atoms with Crippen LogP contribution < -0.4 is 5.32 Å². The van der Waals surface area contributed by atoms with Crippen LogP contribution in [0, 0.1) is 0 Å². The first kappa shape index (κ1) is 8.53. The molecule has 3 nitrogen and oxygen atoms in total. The molecule has 1 aliphatic heterocycles. The van der Waals surface area contributed by atoms with Crippen molar-refractivity contribution in [3.05, 3.63) is 0 Å². The first-order chi connectivity index (χ1) is 5.01. The van der Waals surface area contributed by atoms with Crippen LogP contribution in [0.4, 0.5) is 0 Å². The van der Waals surface area contributed by atoms with E-state index in [1.807, 2.05) is 7.05 Å². The van der Waals surface area contributed by atoms with E-state index in [0.717, 1.165) is 13.1 Å². The zero-order chi connectivity index (χ0) is 8.48. The Hall–Kier alpha value is -0.570. The monoisotopic (exact) mass is 156 g/mol. The Bertz CT molecular complexity index is 165. The molecule has 1 N–H and O–H groups in total. The van der Waals surface area contributed by atoms with Gasteiger partial charge in [0.15, 0.2) is 0 Å². The van der Waals surface area contributed by atoms with Gasteiger partial charge < -0.3 is 10.2 Å². The molecule has 0 saturated carbocycles. The molecule has 1 saturated heterocycles. The van der Waals surface area contributed by atoms with Gasteiger partial charge in [-0.1, -0.05) is 0 Å².